The molecular weight excluding hydrogens is 582 g/mol. The lowest BCUT2D eigenvalue weighted by molar-refractivity contribution is 0.357. The van der Waals surface area contributed by atoms with Gasteiger partial charge in [-0.2, -0.15) is 0 Å². The van der Waals surface area contributed by atoms with E-state index in [2.05, 4.69) is 120 Å². The summed E-state index contributed by atoms with van der Waals surface area (Å²) in [5, 5.41) is 7.51. The normalized spacial score (nSPS) is 22.1. The molecule has 7 rings (SSSR count). The maximum atomic E-state index is 7.08. The average molecular weight is 620 g/mol. The minimum Gasteiger partial charge on any atom is -0.370 e. The molecule has 2 aromatic heterocycles. The number of benzene rings is 3. The molecule has 0 aliphatic carbocycles. The third-order valence-electron chi connectivity index (χ3n) is 9.31. The number of piperidine rings is 1. The van der Waals surface area contributed by atoms with Gasteiger partial charge in [0.15, 0.2) is 5.11 Å². The fourth-order valence-corrected chi connectivity index (χ4v) is 8.21. The standard InChI is InChI=1S/C37H38ClN5S/c1-23-18-24(2)22-41(21-23)34-16-15-28(20-31(34)38)43-36(35(40-37(43)44)32-13-7-8-17-39-32)30-19-25(3)42(26(30)4)33-14-9-11-27-10-5-6-12-29(27)33/h5-17,19-20,23-24,35-36H,18,21-22H2,1-4H3,(H,40,44)/t23-,24+,35-,36+/m1/s1. The molecule has 4 heterocycles. The van der Waals surface area contributed by atoms with E-state index in [1.807, 2.05) is 18.3 Å². The van der Waals surface area contributed by atoms with E-state index >= 15 is 0 Å². The van der Waals surface area contributed by atoms with Crippen molar-refractivity contribution in [1.82, 2.24) is 14.9 Å². The molecule has 2 aliphatic heterocycles. The van der Waals surface area contributed by atoms with Crippen molar-refractivity contribution >= 4 is 51.1 Å². The lowest BCUT2D eigenvalue weighted by atomic mass is 9.91. The van der Waals surface area contributed by atoms with Gasteiger partial charge in [-0.05, 0) is 97.7 Å². The number of fused-ring (bicyclic) bond motifs is 1. The van der Waals surface area contributed by atoms with E-state index in [9.17, 15) is 0 Å². The molecule has 5 nitrogen and oxygen atoms in total. The molecule has 1 N–H and O–H groups in total. The molecule has 2 saturated heterocycles. The Bertz CT molecular complexity index is 1830. The molecule has 0 saturated carbocycles. The van der Waals surface area contributed by atoms with E-state index < -0.39 is 0 Å². The van der Waals surface area contributed by atoms with Crippen molar-refractivity contribution in [2.75, 3.05) is 22.9 Å². The first-order valence-electron chi connectivity index (χ1n) is 15.5. The minimum atomic E-state index is -0.132. The summed E-state index contributed by atoms with van der Waals surface area (Å²) >= 11 is 13.2. The number of aryl methyl sites for hydroxylation is 1. The number of thiocarbonyl (C=S) groups is 1. The Kier molecular flexibility index (Phi) is 7.59. The van der Waals surface area contributed by atoms with Crippen LogP contribution < -0.4 is 15.1 Å². The van der Waals surface area contributed by atoms with Crippen molar-refractivity contribution in [2.24, 2.45) is 11.8 Å². The van der Waals surface area contributed by atoms with Crippen LogP contribution in [0.5, 0.6) is 0 Å². The molecular formula is C37H38ClN5S. The quantitative estimate of drug-likeness (QED) is 0.199. The van der Waals surface area contributed by atoms with Gasteiger partial charge in [0.25, 0.3) is 0 Å². The summed E-state index contributed by atoms with van der Waals surface area (Å²) in [6.07, 6.45) is 3.11. The number of rotatable bonds is 5. The van der Waals surface area contributed by atoms with Crippen LogP contribution in [0.15, 0.2) is 91.1 Å². The van der Waals surface area contributed by atoms with E-state index in [0.29, 0.717) is 16.9 Å². The molecule has 224 valence electrons. The van der Waals surface area contributed by atoms with Gasteiger partial charge in [-0.1, -0.05) is 67.9 Å². The third-order valence-corrected chi connectivity index (χ3v) is 9.93. The van der Waals surface area contributed by atoms with E-state index in [4.69, 9.17) is 28.8 Å². The van der Waals surface area contributed by atoms with Crippen LogP contribution in [0, 0.1) is 25.7 Å². The summed E-state index contributed by atoms with van der Waals surface area (Å²) in [5.41, 5.74) is 7.77. The highest BCUT2D eigenvalue weighted by Gasteiger charge is 2.42. The van der Waals surface area contributed by atoms with Crippen LogP contribution in [0.25, 0.3) is 16.5 Å². The summed E-state index contributed by atoms with van der Waals surface area (Å²) < 4.78 is 2.38. The third kappa shape index (κ3) is 5.04. The predicted molar refractivity (Wildman–Crippen MR) is 187 cm³/mol. The highest BCUT2D eigenvalue weighted by Crippen LogP contribution is 2.45. The summed E-state index contributed by atoms with van der Waals surface area (Å²) in [7, 11) is 0. The number of hydrogen-bond donors (Lipinski definition) is 1. The minimum absolute atomic E-state index is 0.121. The van der Waals surface area contributed by atoms with Crippen molar-refractivity contribution in [2.45, 2.75) is 46.2 Å². The van der Waals surface area contributed by atoms with Crippen LogP contribution in [0.4, 0.5) is 11.4 Å². The zero-order valence-corrected chi connectivity index (χ0v) is 27.2. The Morgan fingerprint density at radius 3 is 2.36 bits per heavy atom. The van der Waals surface area contributed by atoms with Crippen molar-refractivity contribution in [3.8, 4) is 5.69 Å². The fourth-order valence-electron chi connectivity index (χ4n) is 7.57. The summed E-state index contributed by atoms with van der Waals surface area (Å²) in [6, 6.07) is 29.7. The van der Waals surface area contributed by atoms with Crippen LogP contribution in [0.3, 0.4) is 0 Å². The van der Waals surface area contributed by atoms with E-state index in [-0.39, 0.29) is 12.1 Å². The molecule has 4 atom stereocenters. The van der Waals surface area contributed by atoms with Crippen LogP contribution in [-0.2, 0) is 0 Å². The molecule has 3 aromatic carbocycles. The largest absolute Gasteiger partial charge is 0.370 e. The van der Waals surface area contributed by atoms with E-state index in [1.54, 1.807) is 0 Å². The van der Waals surface area contributed by atoms with Gasteiger partial charge in [-0.15, -0.1) is 0 Å². The number of aromatic nitrogens is 2. The summed E-state index contributed by atoms with van der Waals surface area (Å²) in [6.45, 7) is 11.1. The van der Waals surface area contributed by atoms with Crippen LogP contribution in [0.1, 0.15) is 55.0 Å². The van der Waals surface area contributed by atoms with Gasteiger partial charge in [0, 0.05) is 41.7 Å². The number of nitrogens with zero attached hydrogens (tertiary/aromatic N) is 4. The second-order valence-corrected chi connectivity index (χ2v) is 13.4. The van der Waals surface area contributed by atoms with E-state index in [1.165, 1.54) is 39.8 Å². The molecule has 0 amide bonds. The van der Waals surface area contributed by atoms with Gasteiger partial charge in [0.05, 0.1) is 34.2 Å². The van der Waals surface area contributed by atoms with Gasteiger partial charge in [0.2, 0.25) is 0 Å². The zero-order chi connectivity index (χ0) is 30.5. The molecule has 0 spiro atoms. The van der Waals surface area contributed by atoms with Crippen LogP contribution in [-0.4, -0.2) is 27.8 Å². The number of halogens is 1. The smallest absolute Gasteiger partial charge is 0.174 e. The molecule has 2 fully saturated rings. The first-order chi connectivity index (χ1) is 21.3. The second-order valence-electron chi connectivity index (χ2n) is 12.6. The zero-order valence-electron chi connectivity index (χ0n) is 25.7. The number of anilines is 2. The van der Waals surface area contributed by atoms with Gasteiger partial charge >= 0.3 is 0 Å². The molecule has 0 radical (unpaired) electrons. The Hall–Kier alpha value is -3.87. The summed E-state index contributed by atoms with van der Waals surface area (Å²) in [5.74, 6) is 1.29. The Labute approximate surface area is 270 Å². The van der Waals surface area contributed by atoms with Crippen molar-refractivity contribution in [3.63, 3.8) is 0 Å². The lowest BCUT2D eigenvalue weighted by Crippen LogP contribution is -2.38. The Morgan fingerprint density at radius 1 is 0.864 bits per heavy atom. The van der Waals surface area contributed by atoms with Gasteiger partial charge in [-0.25, -0.2) is 0 Å². The number of hydrogen-bond acceptors (Lipinski definition) is 3. The van der Waals surface area contributed by atoms with Gasteiger partial charge in [0.1, 0.15) is 0 Å². The predicted octanol–water partition coefficient (Wildman–Crippen LogP) is 8.96. The number of pyridine rings is 1. The molecule has 44 heavy (non-hydrogen) atoms. The molecule has 0 bridgehead atoms. The molecule has 2 aliphatic rings. The molecule has 7 heteroatoms. The topological polar surface area (TPSA) is 36.3 Å². The Morgan fingerprint density at radius 2 is 1.61 bits per heavy atom. The maximum absolute atomic E-state index is 7.08. The fraction of sp³-hybridized carbons (Fsp3) is 0.297. The first kappa shape index (κ1) is 28.9. The van der Waals surface area contributed by atoms with Crippen molar-refractivity contribution < 1.29 is 0 Å². The van der Waals surface area contributed by atoms with Crippen molar-refractivity contribution in [3.05, 3.63) is 119 Å². The van der Waals surface area contributed by atoms with Crippen LogP contribution >= 0.6 is 23.8 Å². The lowest BCUT2D eigenvalue weighted by Gasteiger charge is -2.37. The van der Waals surface area contributed by atoms with E-state index in [0.717, 1.165) is 35.2 Å². The van der Waals surface area contributed by atoms with Gasteiger partial charge < -0.3 is 19.7 Å². The van der Waals surface area contributed by atoms with Crippen molar-refractivity contribution in [1.29, 1.82) is 0 Å². The highest BCUT2D eigenvalue weighted by atomic mass is 35.5. The number of nitrogens with one attached hydrogen (secondary N) is 1. The molecule has 5 aromatic rings. The molecule has 0 unspecified atom stereocenters. The second kappa shape index (κ2) is 11.6. The SMILES string of the molecule is Cc1cc([C@H]2[C@@H](c3ccccn3)NC(=S)N2c2ccc(N3C[C@H](C)C[C@H](C)C3)c(Cl)c2)c(C)n1-c1cccc2ccccc12. The Balaban J connectivity index is 1.34. The first-order valence-corrected chi connectivity index (χ1v) is 16.3. The summed E-state index contributed by atoms with van der Waals surface area (Å²) in [4.78, 5) is 9.45. The van der Waals surface area contributed by atoms with Gasteiger partial charge in [-0.3, -0.25) is 4.98 Å². The highest BCUT2D eigenvalue weighted by molar-refractivity contribution is 7.80. The monoisotopic (exact) mass is 619 g/mol. The average Bonchev–Trinajstić information content (AvgIpc) is 3.51. The maximum Gasteiger partial charge on any atom is 0.174 e. The van der Waals surface area contributed by atoms with Crippen LogP contribution in [0.2, 0.25) is 5.02 Å².